The molecule has 0 aromatic carbocycles. The van der Waals surface area contributed by atoms with Crippen LogP contribution < -0.4 is 5.32 Å². The largest absolute Gasteiger partial charge is 2.00 e. The van der Waals surface area contributed by atoms with E-state index in [1.807, 2.05) is 0 Å². The number of carbonyl (C=O) groups excluding carboxylic acids is 1. The minimum absolute atomic E-state index is 0. The summed E-state index contributed by atoms with van der Waals surface area (Å²) in [5.41, 5.74) is 0.672. The Kier molecular flexibility index (Phi) is 12.5. The van der Waals surface area contributed by atoms with Gasteiger partial charge in [-0.1, -0.05) is 19.3 Å². The van der Waals surface area contributed by atoms with Crippen molar-refractivity contribution in [1.29, 1.82) is 0 Å². The zero-order valence-electron chi connectivity index (χ0n) is 13.0. The summed E-state index contributed by atoms with van der Waals surface area (Å²) in [7, 11) is 0. The molecule has 9 heteroatoms. The summed E-state index contributed by atoms with van der Waals surface area (Å²) in [5.74, 6) is -0.641. The molecule has 0 radical (unpaired) electrons. The number of amides is 1. The first-order valence-electron chi connectivity index (χ1n) is 7.26. The number of rotatable bonds is 11. The number of nitrogens with zero attached hydrogens (tertiary/aromatic N) is 1. The summed E-state index contributed by atoms with van der Waals surface area (Å²) in [6, 6.07) is -0.945. The molecule has 0 aliphatic carbocycles. The summed E-state index contributed by atoms with van der Waals surface area (Å²) >= 11 is 10.1. The fraction of sp³-hybridized carbons (Fsp3) is 0.643. The maximum absolute atomic E-state index is 11.8. The molecule has 6 nitrogen and oxygen atoms in total. The molecule has 0 saturated heterocycles. The first-order valence-corrected chi connectivity index (χ1v) is 8.31. The molecule has 0 spiro atoms. The van der Waals surface area contributed by atoms with Crippen LogP contribution in [0.2, 0.25) is 0 Å². The Morgan fingerprint density at radius 2 is 2.09 bits per heavy atom. The van der Waals surface area contributed by atoms with E-state index in [1.165, 1.54) is 6.33 Å². The first-order chi connectivity index (χ1) is 10.5. The van der Waals surface area contributed by atoms with Crippen LogP contribution in [0, 0.1) is 0 Å². The van der Waals surface area contributed by atoms with Gasteiger partial charge in [-0.05, 0) is 6.42 Å². The third-order valence-electron chi connectivity index (χ3n) is 3.23. The van der Waals surface area contributed by atoms with Crippen LogP contribution in [0.25, 0.3) is 0 Å². The topological polar surface area (TPSA) is 95.1 Å². The van der Waals surface area contributed by atoms with E-state index in [1.54, 1.807) is 6.20 Å². The number of aromatic nitrogens is 2. The van der Waals surface area contributed by atoms with Crippen molar-refractivity contribution in [1.82, 2.24) is 15.3 Å². The van der Waals surface area contributed by atoms with Gasteiger partial charge in [0.2, 0.25) is 5.91 Å². The van der Waals surface area contributed by atoms with Crippen LogP contribution in [0.5, 0.6) is 0 Å². The van der Waals surface area contributed by atoms with Gasteiger partial charge in [0.05, 0.1) is 6.33 Å². The standard InChI is InChI=1S/C14H23N3O3S2.Zn/c18-13(4-2-1-3-11(22)5-6-21)17-12(14(19)20)7-10-8-15-9-16-10;/h8-9,11-12,21-22H,1-7H2,(H,15,16)(H,17,18)(H,19,20);/q;+2/p-2. The predicted octanol–water partition coefficient (Wildman–Crippen LogP) is 0.932. The summed E-state index contributed by atoms with van der Waals surface area (Å²) in [6.07, 6.45) is 6.80. The Hall–Kier alpha value is -0.527. The van der Waals surface area contributed by atoms with Crippen LogP contribution in [-0.2, 0) is 60.7 Å². The van der Waals surface area contributed by atoms with Gasteiger partial charge in [0.25, 0.3) is 0 Å². The fourth-order valence-corrected chi connectivity index (χ4v) is 2.73. The van der Waals surface area contributed by atoms with Crippen molar-refractivity contribution in [3.63, 3.8) is 0 Å². The number of aromatic amines is 1. The van der Waals surface area contributed by atoms with Crippen molar-refractivity contribution in [2.45, 2.75) is 49.8 Å². The minimum atomic E-state index is -1.06. The molecule has 0 aliphatic heterocycles. The molecule has 3 N–H and O–H groups in total. The molecule has 1 heterocycles. The Labute approximate surface area is 160 Å². The maximum Gasteiger partial charge on any atom is 2.00 e. The maximum atomic E-state index is 11.8. The van der Waals surface area contributed by atoms with Gasteiger partial charge in [-0.15, -0.1) is 0 Å². The molecule has 1 amide bonds. The molecule has 0 fully saturated rings. The molecule has 1 aromatic rings. The molecule has 0 bridgehead atoms. The fourth-order valence-electron chi connectivity index (χ4n) is 2.02. The second kappa shape index (κ2) is 12.8. The Bertz CT molecular complexity index is 460. The quantitative estimate of drug-likeness (QED) is 0.286. The summed E-state index contributed by atoms with van der Waals surface area (Å²) in [6.45, 7) is 0. The van der Waals surface area contributed by atoms with Gasteiger partial charge in [-0.3, -0.25) is 4.79 Å². The normalized spacial score (nSPS) is 13.0. The number of hydrogen-bond donors (Lipinski definition) is 3. The number of unbranched alkanes of at least 4 members (excludes halogenated alkanes) is 1. The zero-order valence-corrected chi connectivity index (χ0v) is 17.6. The molecule has 2 atom stereocenters. The van der Waals surface area contributed by atoms with E-state index in [4.69, 9.17) is 30.4 Å². The molecule has 23 heavy (non-hydrogen) atoms. The van der Waals surface area contributed by atoms with E-state index >= 15 is 0 Å². The number of H-pyrrole nitrogens is 1. The van der Waals surface area contributed by atoms with Gasteiger partial charge >= 0.3 is 25.4 Å². The van der Waals surface area contributed by atoms with E-state index < -0.39 is 12.0 Å². The van der Waals surface area contributed by atoms with Gasteiger partial charge in [0.15, 0.2) is 0 Å². The van der Waals surface area contributed by atoms with Gasteiger partial charge in [0.1, 0.15) is 6.04 Å². The van der Waals surface area contributed by atoms with Gasteiger partial charge in [-0.25, -0.2) is 9.78 Å². The Balaban J connectivity index is 0.00000484. The van der Waals surface area contributed by atoms with Crippen LogP contribution in [0.3, 0.4) is 0 Å². The van der Waals surface area contributed by atoms with E-state index in [-0.39, 0.29) is 37.1 Å². The predicted molar refractivity (Wildman–Crippen MR) is 88.3 cm³/mol. The number of carboxylic acid groups (broad SMARTS) is 1. The zero-order chi connectivity index (χ0) is 16.4. The average molecular weight is 409 g/mol. The first kappa shape index (κ1) is 22.5. The molecular formula is C14H21N3O3S2Zn. The summed E-state index contributed by atoms with van der Waals surface area (Å²) < 4.78 is 0. The molecule has 2 unspecified atom stereocenters. The van der Waals surface area contributed by atoms with Gasteiger partial charge < -0.3 is 40.7 Å². The minimum Gasteiger partial charge on any atom is -0.793 e. The van der Waals surface area contributed by atoms with E-state index in [2.05, 4.69) is 15.3 Å². The average Bonchev–Trinajstić information content (AvgIpc) is 2.96. The van der Waals surface area contributed by atoms with E-state index in [0.29, 0.717) is 24.3 Å². The Morgan fingerprint density at radius 3 is 2.65 bits per heavy atom. The van der Waals surface area contributed by atoms with Crippen LogP contribution in [-0.4, -0.2) is 44.0 Å². The summed E-state index contributed by atoms with van der Waals surface area (Å²) in [4.78, 5) is 29.6. The number of aliphatic carboxylic acids is 1. The van der Waals surface area contributed by atoms with Crippen molar-refractivity contribution in [3.05, 3.63) is 18.2 Å². The van der Waals surface area contributed by atoms with Crippen LogP contribution in [0.1, 0.15) is 37.8 Å². The van der Waals surface area contributed by atoms with Crippen molar-refractivity contribution < 1.29 is 34.2 Å². The monoisotopic (exact) mass is 407 g/mol. The number of imidazole rings is 1. The molecular weight excluding hydrogens is 388 g/mol. The molecule has 0 aliphatic rings. The van der Waals surface area contributed by atoms with Crippen molar-refractivity contribution >= 4 is 37.1 Å². The van der Waals surface area contributed by atoms with Crippen LogP contribution in [0.4, 0.5) is 0 Å². The number of hydrogen-bond acceptors (Lipinski definition) is 5. The number of carboxylic acids is 1. The molecule has 0 saturated carbocycles. The van der Waals surface area contributed by atoms with E-state index in [0.717, 1.165) is 19.3 Å². The van der Waals surface area contributed by atoms with Crippen molar-refractivity contribution in [3.8, 4) is 0 Å². The smallest absolute Gasteiger partial charge is 0.793 e. The van der Waals surface area contributed by atoms with Gasteiger partial charge in [-0.2, -0.15) is 11.0 Å². The van der Waals surface area contributed by atoms with Gasteiger partial charge in [0, 0.05) is 24.7 Å². The Morgan fingerprint density at radius 1 is 1.35 bits per heavy atom. The number of nitrogens with one attached hydrogen (secondary N) is 2. The molecule has 1 rings (SSSR count). The van der Waals surface area contributed by atoms with Crippen LogP contribution >= 0.6 is 0 Å². The van der Waals surface area contributed by atoms with E-state index in [9.17, 15) is 9.59 Å². The van der Waals surface area contributed by atoms with Crippen LogP contribution in [0.15, 0.2) is 12.5 Å². The second-order valence-corrected chi connectivity index (χ2v) is 6.17. The van der Waals surface area contributed by atoms with Crippen molar-refractivity contribution in [2.75, 3.05) is 5.75 Å². The molecule has 1 aromatic heterocycles. The molecule has 124 valence electrons. The third-order valence-corrected chi connectivity index (χ3v) is 3.94. The number of carbonyl (C=O) groups is 2. The van der Waals surface area contributed by atoms with Crippen molar-refractivity contribution in [2.24, 2.45) is 0 Å². The second-order valence-electron chi connectivity index (χ2n) is 5.10. The SMILES string of the molecule is O=C(CCCCC([S-])CC[S-])NC(Cc1cnc[nH]1)C(=O)O.[Zn+2]. The third kappa shape index (κ3) is 10.0. The summed E-state index contributed by atoms with van der Waals surface area (Å²) in [5, 5.41) is 11.9.